The molecule has 0 saturated heterocycles. The summed E-state index contributed by atoms with van der Waals surface area (Å²) in [6.45, 7) is 5.24. The van der Waals surface area contributed by atoms with Crippen molar-refractivity contribution in [2.45, 2.75) is 33.0 Å². The van der Waals surface area contributed by atoms with Crippen LogP contribution < -0.4 is 10.1 Å². The quantitative estimate of drug-likeness (QED) is 0.818. The Balaban J connectivity index is 2.82. The number of rotatable bonds is 4. The fraction of sp³-hybridized carbons (Fsp3) is 0.417. The normalized spacial score (nSPS) is 12.3. The third-order valence-electron chi connectivity index (χ3n) is 1.89. The van der Waals surface area contributed by atoms with Gasteiger partial charge in [-0.1, -0.05) is 12.1 Å². The summed E-state index contributed by atoms with van der Waals surface area (Å²) in [7, 11) is 0. The van der Waals surface area contributed by atoms with E-state index in [2.05, 4.69) is 5.32 Å². The second-order valence-electron chi connectivity index (χ2n) is 3.83. The fourth-order valence-corrected chi connectivity index (χ4v) is 1.16. The van der Waals surface area contributed by atoms with Crippen molar-refractivity contribution in [2.24, 2.45) is 0 Å². The third-order valence-corrected chi connectivity index (χ3v) is 1.89. The van der Waals surface area contributed by atoms with E-state index in [4.69, 9.17) is 9.84 Å². The van der Waals surface area contributed by atoms with Gasteiger partial charge in [0.2, 0.25) is 0 Å². The van der Waals surface area contributed by atoms with E-state index in [1.165, 1.54) is 6.92 Å². The lowest BCUT2D eigenvalue weighted by Gasteiger charge is -2.15. The molecule has 2 N–H and O–H groups in total. The summed E-state index contributed by atoms with van der Waals surface area (Å²) in [6, 6.07) is 7.14. The predicted molar refractivity (Wildman–Crippen MR) is 62.5 cm³/mol. The van der Waals surface area contributed by atoms with Gasteiger partial charge < -0.3 is 15.2 Å². The summed E-state index contributed by atoms with van der Waals surface area (Å²) in [5, 5.41) is 11.7. The van der Waals surface area contributed by atoms with Gasteiger partial charge in [0.1, 0.15) is 11.9 Å². The Kier molecular flexibility index (Phi) is 4.31. The lowest BCUT2D eigenvalue weighted by molar-refractivity contribution is -0.123. The Morgan fingerprint density at radius 2 is 1.94 bits per heavy atom. The Hall–Kier alpha value is -1.55. The van der Waals surface area contributed by atoms with Crippen molar-refractivity contribution in [1.82, 2.24) is 0 Å². The van der Waals surface area contributed by atoms with E-state index >= 15 is 0 Å². The summed E-state index contributed by atoms with van der Waals surface area (Å²) in [6.07, 6.45) is -1.00. The first-order chi connectivity index (χ1) is 7.50. The van der Waals surface area contributed by atoms with E-state index < -0.39 is 12.0 Å². The number of carbonyl (C=O) groups excluding carboxylic acids is 1. The number of amides is 1. The van der Waals surface area contributed by atoms with Gasteiger partial charge >= 0.3 is 0 Å². The van der Waals surface area contributed by atoms with Crippen molar-refractivity contribution in [1.29, 1.82) is 0 Å². The molecular weight excluding hydrogens is 206 g/mol. The number of benzene rings is 1. The van der Waals surface area contributed by atoms with E-state index in [1.807, 2.05) is 19.9 Å². The lowest BCUT2D eigenvalue weighted by atomic mass is 10.2. The molecule has 1 amide bonds. The molecule has 0 spiro atoms. The molecule has 1 unspecified atom stereocenters. The highest BCUT2D eigenvalue weighted by Crippen LogP contribution is 2.24. The number of hydrogen-bond acceptors (Lipinski definition) is 3. The first-order valence-electron chi connectivity index (χ1n) is 5.25. The highest BCUT2D eigenvalue weighted by molar-refractivity contribution is 5.94. The molecule has 1 aromatic carbocycles. The molecule has 1 aromatic rings. The molecule has 0 aliphatic carbocycles. The Morgan fingerprint density at radius 1 is 1.31 bits per heavy atom. The van der Waals surface area contributed by atoms with Gasteiger partial charge in [0, 0.05) is 0 Å². The molecule has 0 fully saturated rings. The van der Waals surface area contributed by atoms with E-state index in [-0.39, 0.29) is 6.10 Å². The molecular formula is C12H17NO3. The average molecular weight is 223 g/mol. The SMILES string of the molecule is CC(C)Oc1ccccc1NC(=O)C(C)O. The highest BCUT2D eigenvalue weighted by Gasteiger charge is 2.12. The Bertz CT molecular complexity index is 361. The number of aliphatic hydroxyl groups is 1. The number of aliphatic hydroxyl groups excluding tert-OH is 1. The van der Waals surface area contributed by atoms with Crippen LogP contribution in [-0.4, -0.2) is 23.2 Å². The number of nitrogens with one attached hydrogen (secondary N) is 1. The Labute approximate surface area is 95.2 Å². The zero-order valence-electron chi connectivity index (χ0n) is 9.73. The fourth-order valence-electron chi connectivity index (χ4n) is 1.16. The topological polar surface area (TPSA) is 58.6 Å². The molecule has 16 heavy (non-hydrogen) atoms. The molecule has 0 aromatic heterocycles. The van der Waals surface area contributed by atoms with Gasteiger partial charge in [0.25, 0.3) is 5.91 Å². The molecule has 4 nitrogen and oxygen atoms in total. The first-order valence-corrected chi connectivity index (χ1v) is 5.25. The zero-order chi connectivity index (χ0) is 12.1. The van der Waals surface area contributed by atoms with Gasteiger partial charge in [-0.25, -0.2) is 0 Å². The highest BCUT2D eigenvalue weighted by atomic mass is 16.5. The van der Waals surface area contributed by atoms with Crippen molar-refractivity contribution in [3.8, 4) is 5.75 Å². The maximum Gasteiger partial charge on any atom is 0.253 e. The van der Waals surface area contributed by atoms with Gasteiger partial charge in [-0.15, -0.1) is 0 Å². The van der Waals surface area contributed by atoms with Gasteiger partial charge in [-0.05, 0) is 32.9 Å². The summed E-state index contributed by atoms with van der Waals surface area (Å²) >= 11 is 0. The minimum absolute atomic E-state index is 0.0320. The largest absolute Gasteiger partial charge is 0.489 e. The van der Waals surface area contributed by atoms with Crippen molar-refractivity contribution in [3.05, 3.63) is 24.3 Å². The van der Waals surface area contributed by atoms with Crippen LogP contribution >= 0.6 is 0 Å². The van der Waals surface area contributed by atoms with Crippen LogP contribution in [0.4, 0.5) is 5.69 Å². The van der Waals surface area contributed by atoms with E-state index in [1.54, 1.807) is 18.2 Å². The molecule has 1 atom stereocenters. The van der Waals surface area contributed by atoms with Crippen LogP contribution in [0.5, 0.6) is 5.75 Å². The molecule has 1 rings (SSSR count). The lowest BCUT2D eigenvalue weighted by Crippen LogP contribution is -2.25. The molecule has 0 aliphatic heterocycles. The zero-order valence-corrected chi connectivity index (χ0v) is 9.73. The standard InChI is InChI=1S/C12H17NO3/c1-8(2)16-11-7-5-4-6-10(11)13-12(15)9(3)14/h4-9,14H,1-3H3,(H,13,15). The van der Waals surface area contributed by atoms with Crippen LogP contribution in [-0.2, 0) is 4.79 Å². The van der Waals surface area contributed by atoms with Gasteiger partial charge in [0.05, 0.1) is 11.8 Å². The van der Waals surface area contributed by atoms with Crippen LogP contribution in [0.1, 0.15) is 20.8 Å². The van der Waals surface area contributed by atoms with Gasteiger partial charge in [-0.2, -0.15) is 0 Å². The molecule has 0 saturated carbocycles. The van der Waals surface area contributed by atoms with Gasteiger partial charge in [0.15, 0.2) is 0 Å². The summed E-state index contributed by atoms with van der Waals surface area (Å²) in [5.74, 6) is 0.159. The number of carbonyl (C=O) groups is 1. The van der Waals surface area contributed by atoms with Crippen molar-refractivity contribution < 1.29 is 14.6 Å². The predicted octanol–water partition coefficient (Wildman–Crippen LogP) is 1.79. The summed E-state index contributed by atoms with van der Waals surface area (Å²) in [5.41, 5.74) is 0.571. The summed E-state index contributed by atoms with van der Waals surface area (Å²) in [4.78, 5) is 11.3. The van der Waals surface area contributed by atoms with Crippen LogP contribution in [0.15, 0.2) is 24.3 Å². The molecule has 88 valence electrons. The average Bonchev–Trinajstić information content (AvgIpc) is 2.20. The van der Waals surface area contributed by atoms with E-state index in [9.17, 15) is 4.79 Å². The molecule has 0 heterocycles. The van der Waals surface area contributed by atoms with Crippen molar-refractivity contribution in [2.75, 3.05) is 5.32 Å². The van der Waals surface area contributed by atoms with Crippen molar-refractivity contribution >= 4 is 11.6 Å². The second-order valence-corrected chi connectivity index (χ2v) is 3.83. The molecule has 0 bridgehead atoms. The van der Waals surface area contributed by atoms with E-state index in [0.29, 0.717) is 11.4 Å². The molecule has 4 heteroatoms. The molecule has 0 radical (unpaired) electrons. The minimum Gasteiger partial charge on any atom is -0.489 e. The molecule has 0 aliphatic rings. The third kappa shape index (κ3) is 3.55. The maximum atomic E-state index is 11.3. The van der Waals surface area contributed by atoms with Crippen LogP contribution in [0.25, 0.3) is 0 Å². The number of para-hydroxylation sites is 2. The van der Waals surface area contributed by atoms with Crippen LogP contribution in [0.2, 0.25) is 0 Å². The number of hydrogen-bond donors (Lipinski definition) is 2. The number of ether oxygens (including phenoxy) is 1. The van der Waals surface area contributed by atoms with E-state index in [0.717, 1.165) is 0 Å². The minimum atomic E-state index is -1.04. The van der Waals surface area contributed by atoms with Crippen molar-refractivity contribution in [3.63, 3.8) is 0 Å². The maximum absolute atomic E-state index is 11.3. The van der Waals surface area contributed by atoms with Crippen LogP contribution in [0.3, 0.4) is 0 Å². The van der Waals surface area contributed by atoms with Gasteiger partial charge in [-0.3, -0.25) is 4.79 Å². The Morgan fingerprint density at radius 3 is 2.50 bits per heavy atom. The number of anilines is 1. The smallest absolute Gasteiger partial charge is 0.253 e. The summed E-state index contributed by atoms with van der Waals surface area (Å²) < 4.78 is 5.53. The second kappa shape index (κ2) is 5.51. The monoisotopic (exact) mass is 223 g/mol. The van der Waals surface area contributed by atoms with Crippen LogP contribution in [0, 0.1) is 0 Å². The first kappa shape index (κ1) is 12.5.